The monoisotopic (exact) mass is 340 g/mol. The third-order valence-electron chi connectivity index (χ3n) is 3.11. The highest BCUT2D eigenvalue weighted by molar-refractivity contribution is 6.30. The molecule has 0 spiro atoms. The van der Waals surface area contributed by atoms with Crippen LogP contribution in [0.3, 0.4) is 0 Å². The predicted octanol–water partition coefficient (Wildman–Crippen LogP) is 3.79. The first-order valence-corrected chi connectivity index (χ1v) is 7.53. The second-order valence-corrected chi connectivity index (χ2v) is 5.29. The van der Waals surface area contributed by atoms with Crippen LogP contribution in [-0.4, -0.2) is 9.97 Å². The molecule has 0 aliphatic rings. The second-order valence-electron chi connectivity index (χ2n) is 4.86. The van der Waals surface area contributed by atoms with E-state index in [4.69, 9.17) is 26.0 Å². The van der Waals surface area contributed by atoms with E-state index in [1.165, 1.54) is 0 Å². The standard InChI is InChI=1S/C17H13ClN4O2/c18-13-4-1-5-14(7-13)23-11-16-22-15(8-19)17(24-16)21-10-12-3-2-6-20-9-12/h1-7,9,21H,10-11H2. The fourth-order valence-electron chi connectivity index (χ4n) is 2.01. The molecule has 1 aromatic carbocycles. The van der Waals surface area contributed by atoms with Gasteiger partial charge in [0.25, 0.3) is 0 Å². The van der Waals surface area contributed by atoms with Gasteiger partial charge in [0.15, 0.2) is 6.61 Å². The third-order valence-corrected chi connectivity index (χ3v) is 3.35. The minimum atomic E-state index is 0.101. The summed E-state index contributed by atoms with van der Waals surface area (Å²) in [5.41, 5.74) is 1.15. The summed E-state index contributed by atoms with van der Waals surface area (Å²) in [6.45, 7) is 0.579. The van der Waals surface area contributed by atoms with Crippen LogP contribution in [0.5, 0.6) is 5.75 Å². The van der Waals surface area contributed by atoms with Gasteiger partial charge in [-0.25, -0.2) is 0 Å². The van der Waals surface area contributed by atoms with Crippen molar-refractivity contribution in [3.8, 4) is 11.8 Å². The Labute approximate surface area is 143 Å². The first-order chi connectivity index (χ1) is 11.7. The molecule has 0 amide bonds. The molecule has 120 valence electrons. The minimum absolute atomic E-state index is 0.101. The average Bonchev–Trinajstić information content (AvgIpc) is 3.01. The van der Waals surface area contributed by atoms with Crippen molar-refractivity contribution >= 4 is 17.5 Å². The van der Waals surface area contributed by atoms with Crippen LogP contribution in [-0.2, 0) is 13.2 Å². The lowest BCUT2D eigenvalue weighted by Crippen LogP contribution is -2.00. The van der Waals surface area contributed by atoms with Gasteiger partial charge in [0.05, 0.1) is 0 Å². The van der Waals surface area contributed by atoms with E-state index in [2.05, 4.69) is 15.3 Å². The van der Waals surface area contributed by atoms with Gasteiger partial charge in [-0.2, -0.15) is 10.2 Å². The summed E-state index contributed by atoms with van der Waals surface area (Å²) in [7, 11) is 0. The van der Waals surface area contributed by atoms with Crippen LogP contribution in [0.15, 0.2) is 53.2 Å². The van der Waals surface area contributed by atoms with E-state index >= 15 is 0 Å². The number of oxazole rings is 1. The summed E-state index contributed by atoms with van der Waals surface area (Å²) in [6.07, 6.45) is 3.43. The quantitative estimate of drug-likeness (QED) is 0.735. The van der Waals surface area contributed by atoms with Gasteiger partial charge in [-0.1, -0.05) is 23.7 Å². The number of pyridine rings is 1. The first kappa shape index (κ1) is 15.8. The van der Waals surface area contributed by atoms with E-state index in [1.54, 1.807) is 36.7 Å². The van der Waals surface area contributed by atoms with E-state index in [1.807, 2.05) is 18.2 Å². The Balaban J connectivity index is 1.65. The van der Waals surface area contributed by atoms with Crippen LogP contribution < -0.4 is 10.1 Å². The summed E-state index contributed by atoms with van der Waals surface area (Å²) < 4.78 is 11.1. The van der Waals surface area contributed by atoms with Crippen molar-refractivity contribution in [3.63, 3.8) is 0 Å². The molecule has 1 N–H and O–H groups in total. The molecule has 0 atom stereocenters. The summed E-state index contributed by atoms with van der Waals surface area (Å²) in [6, 6.07) is 12.8. The Bertz CT molecular complexity index is 859. The topological polar surface area (TPSA) is 84.0 Å². The number of nitriles is 1. The van der Waals surface area contributed by atoms with Gasteiger partial charge in [0.2, 0.25) is 17.5 Å². The minimum Gasteiger partial charge on any atom is -0.484 e. The Morgan fingerprint density at radius 2 is 2.21 bits per heavy atom. The highest BCUT2D eigenvalue weighted by Gasteiger charge is 2.13. The molecule has 3 aromatic rings. The molecule has 24 heavy (non-hydrogen) atoms. The Morgan fingerprint density at radius 3 is 2.96 bits per heavy atom. The van der Waals surface area contributed by atoms with Crippen molar-refractivity contribution in [3.05, 3.63) is 71.0 Å². The maximum atomic E-state index is 9.17. The number of halogens is 1. The van der Waals surface area contributed by atoms with Crippen molar-refractivity contribution < 1.29 is 9.15 Å². The van der Waals surface area contributed by atoms with E-state index in [0.29, 0.717) is 29.1 Å². The molecule has 0 aliphatic heterocycles. The molecular weight excluding hydrogens is 328 g/mol. The Kier molecular flexibility index (Phi) is 4.94. The van der Waals surface area contributed by atoms with Crippen LogP contribution in [0.1, 0.15) is 17.1 Å². The summed E-state index contributed by atoms with van der Waals surface area (Å²) in [5, 5.41) is 12.8. The summed E-state index contributed by atoms with van der Waals surface area (Å²) in [4.78, 5) is 8.15. The molecule has 2 heterocycles. The summed E-state index contributed by atoms with van der Waals surface area (Å²) >= 11 is 5.90. The number of ether oxygens (including phenoxy) is 1. The second kappa shape index (κ2) is 7.49. The van der Waals surface area contributed by atoms with Gasteiger partial charge < -0.3 is 14.5 Å². The molecule has 0 bridgehead atoms. The van der Waals surface area contributed by atoms with Gasteiger partial charge in [0.1, 0.15) is 11.8 Å². The highest BCUT2D eigenvalue weighted by Crippen LogP contribution is 2.21. The van der Waals surface area contributed by atoms with E-state index < -0.39 is 0 Å². The molecule has 0 saturated heterocycles. The average molecular weight is 341 g/mol. The van der Waals surface area contributed by atoms with E-state index in [0.717, 1.165) is 5.56 Å². The molecule has 0 fully saturated rings. The van der Waals surface area contributed by atoms with Crippen molar-refractivity contribution in [2.75, 3.05) is 5.32 Å². The fraction of sp³-hybridized carbons (Fsp3) is 0.118. The van der Waals surface area contributed by atoms with E-state index in [-0.39, 0.29) is 12.3 Å². The van der Waals surface area contributed by atoms with Crippen LogP contribution in [0.25, 0.3) is 0 Å². The maximum Gasteiger partial charge on any atom is 0.236 e. The number of hydrogen-bond acceptors (Lipinski definition) is 6. The lowest BCUT2D eigenvalue weighted by atomic mass is 10.3. The molecule has 0 radical (unpaired) electrons. The normalized spacial score (nSPS) is 10.2. The zero-order valence-electron chi connectivity index (χ0n) is 12.6. The number of rotatable bonds is 6. The number of nitrogens with zero attached hydrogens (tertiary/aromatic N) is 3. The lowest BCUT2D eigenvalue weighted by Gasteiger charge is -2.04. The molecular formula is C17H13ClN4O2. The van der Waals surface area contributed by atoms with Gasteiger partial charge in [0, 0.05) is 24.0 Å². The highest BCUT2D eigenvalue weighted by atomic mass is 35.5. The van der Waals surface area contributed by atoms with Gasteiger partial charge in [-0.05, 0) is 29.8 Å². The van der Waals surface area contributed by atoms with E-state index in [9.17, 15) is 0 Å². The lowest BCUT2D eigenvalue weighted by molar-refractivity contribution is 0.265. The van der Waals surface area contributed by atoms with Gasteiger partial charge >= 0.3 is 0 Å². The number of hydrogen-bond donors (Lipinski definition) is 1. The Morgan fingerprint density at radius 1 is 1.29 bits per heavy atom. The van der Waals surface area contributed by atoms with Crippen LogP contribution in [0.2, 0.25) is 5.02 Å². The van der Waals surface area contributed by atoms with Gasteiger partial charge in [-0.3, -0.25) is 4.98 Å². The molecule has 3 rings (SSSR count). The van der Waals surface area contributed by atoms with Crippen molar-refractivity contribution in [2.24, 2.45) is 0 Å². The molecule has 7 heteroatoms. The van der Waals surface area contributed by atoms with Crippen LogP contribution >= 0.6 is 11.6 Å². The number of anilines is 1. The fourth-order valence-corrected chi connectivity index (χ4v) is 2.19. The largest absolute Gasteiger partial charge is 0.484 e. The van der Waals surface area contributed by atoms with Crippen molar-refractivity contribution in [1.29, 1.82) is 5.26 Å². The third kappa shape index (κ3) is 4.03. The van der Waals surface area contributed by atoms with Crippen molar-refractivity contribution in [2.45, 2.75) is 13.2 Å². The number of nitrogens with one attached hydrogen (secondary N) is 1. The first-order valence-electron chi connectivity index (χ1n) is 7.15. The molecule has 6 nitrogen and oxygen atoms in total. The molecule has 0 aliphatic carbocycles. The van der Waals surface area contributed by atoms with Crippen LogP contribution in [0.4, 0.5) is 5.88 Å². The molecule has 0 unspecified atom stereocenters. The predicted molar refractivity (Wildman–Crippen MR) is 88.6 cm³/mol. The summed E-state index contributed by atoms with van der Waals surface area (Å²) in [5.74, 6) is 1.22. The van der Waals surface area contributed by atoms with Crippen molar-refractivity contribution in [1.82, 2.24) is 9.97 Å². The molecule has 2 aromatic heterocycles. The van der Waals surface area contributed by atoms with Gasteiger partial charge in [-0.15, -0.1) is 0 Å². The number of benzene rings is 1. The SMILES string of the molecule is N#Cc1nc(COc2cccc(Cl)c2)oc1NCc1cccnc1. The smallest absolute Gasteiger partial charge is 0.236 e. The Hall–Kier alpha value is -3.04. The number of aromatic nitrogens is 2. The maximum absolute atomic E-state index is 9.17. The van der Waals surface area contributed by atoms with Crippen LogP contribution in [0, 0.1) is 11.3 Å². The zero-order chi connectivity index (χ0) is 16.8. The molecule has 0 saturated carbocycles. The zero-order valence-corrected chi connectivity index (χ0v) is 13.3.